The van der Waals surface area contributed by atoms with E-state index in [9.17, 15) is 18.5 Å². The molecule has 0 aliphatic carbocycles. The van der Waals surface area contributed by atoms with Crippen LogP contribution >= 0.6 is 0 Å². The van der Waals surface area contributed by atoms with Crippen LogP contribution in [0.15, 0.2) is 35.5 Å². The summed E-state index contributed by atoms with van der Waals surface area (Å²) in [6, 6.07) is 3.36. The first-order valence-corrected chi connectivity index (χ1v) is 6.90. The first-order chi connectivity index (χ1) is 9.40. The summed E-state index contributed by atoms with van der Waals surface area (Å²) in [4.78, 5) is 16.2. The van der Waals surface area contributed by atoms with E-state index in [0.717, 1.165) is 12.1 Å². The third kappa shape index (κ3) is 2.92. The second-order valence-electron chi connectivity index (χ2n) is 3.84. The lowest BCUT2D eigenvalue weighted by molar-refractivity contribution is -0.387. The summed E-state index contributed by atoms with van der Waals surface area (Å²) in [5.41, 5.74) is 5.07. The van der Waals surface area contributed by atoms with E-state index in [4.69, 9.17) is 5.73 Å². The SMILES string of the molecule is Nc1ccc([N+](=O)[O-])c(S(=O)(=O)NCc2ncc[nH]2)c1. The Hall–Kier alpha value is -2.46. The molecule has 0 aliphatic heterocycles. The Bertz CT molecular complexity index is 726. The summed E-state index contributed by atoms with van der Waals surface area (Å²) in [6.07, 6.45) is 3.00. The van der Waals surface area contributed by atoms with Crippen molar-refractivity contribution < 1.29 is 13.3 Å². The molecule has 0 saturated heterocycles. The molecule has 9 nitrogen and oxygen atoms in total. The van der Waals surface area contributed by atoms with Gasteiger partial charge in [-0.25, -0.2) is 18.1 Å². The first-order valence-electron chi connectivity index (χ1n) is 5.42. The lowest BCUT2D eigenvalue weighted by atomic mass is 10.3. The van der Waals surface area contributed by atoms with Crippen molar-refractivity contribution in [2.24, 2.45) is 0 Å². The molecule has 0 fully saturated rings. The Morgan fingerprint density at radius 3 is 2.80 bits per heavy atom. The van der Waals surface area contributed by atoms with E-state index in [1.54, 1.807) is 0 Å². The monoisotopic (exact) mass is 297 g/mol. The molecule has 1 aromatic carbocycles. The lowest BCUT2D eigenvalue weighted by Crippen LogP contribution is -2.24. The molecule has 0 atom stereocenters. The Morgan fingerprint density at radius 1 is 1.45 bits per heavy atom. The fourth-order valence-electron chi connectivity index (χ4n) is 1.53. The maximum absolute atomic E-state index is 12.1. The Labute approximate surface area is 114 Å². The van der Waals surface area contributed by atoms with Crippen molar-refractivity contribution >= 4 is 21.4 Å². The number of sulfonamides is 1. The van der Waals surface area contributed by atoms with Crippen LogP contribution in [0.1, 0.15) is 5.82 Å². The van der Waals surface area contributed by atoms with Gasteiger partial charge in [0.05, 0.1) is 11.5 Å². The summed E-state index contributed by atoms with van der Waals surface area (Å²) in [5, 5.41) is 10.9. The van der Waals surface area contributed by atoms with Gasteiger partial charge in [-0.1, -0.05) is 0 Å². The van der Waals surface area contributed by atoms with Gasteiger partial charge in [-0.15, -0.1) is 0 Å². The van der Waals surface area contributed by atoms with Gasteiger partial charge < -0.3 is 10.7 Å². The van der Waals surface area contributed by atoms with Crippen molar-refractivity contribution in [2.45, 2.75) is 11.4 Å². The summed E-state index contributed by atoms with van der Waals surface area (Å²) < 4.78 is 26.4. The van der Waals surface area contributed by atoms with Crippen LogP contribution in [0.2, 0.25) is 0 Å². The van der Waals surface area contributed by atoms with E-state index in [2.05, 4.69) is 14.7 Å². The largest absolute Gasteiger partial charge is 0.399 e. The minimum atomic E-state index is -4.07. The minimum absolute atomic E-state index is 0.110. The average Bonchev–Trinajstić information content (AvgIpc) is 2.89. The van der Waals surface area contributed by atoms with E-state index in [-0.39, 0.29) is 12.2 Å². The van der Waals surface area contributed by atoms with Crippen LogP contribution in [-0.2, 0) is 16.6 Å². The Morgan fingerprint density at radius 2 is 2.20 bits per heavy atom. The van der Waals surface area contributed by atoms with Gasteiger partial charge in [-0.05, 0) is 12.1 Å². The highest BCUT2D eigenvalue weighted by Gasteiger charge is 2.25. The number of hydrogen-bond acceptors (Lipinski definition) is 6. The molecule has 10 heteroatoms. The Kier molecular flexibility index (Phi) is 3.68. The number of anilines is 1. The van der Waals surface area contributed by atoms with E-state index < -0.39 is 25.5 Å². The fourth-order valence-corrected chi connectivity index (χ4v) is 2.72. The van der Waals surface area contributed by atoms with Crippen molar-refractivity contribution in [1.29, 1.82) is 0 Å². The molecule has 0 unspecified atom stereocenters. The number of hydrogen-bond donors (Lipinski definition) is 3. The van der Waals surface area contributed by atoms with Crippen molar-refractivity contribution in [3.05, 3.63) is 46.5 Å². The van der Waals surface area contributed by atoms with E-state index >= 15 is 0 Å². The van der Waals surface area contributed by atoms with Gasteiger partial charge in [-0.3, -0.25) is 10.1 Å². The molecule has 106 valence electrons. The average molecular weight is 297 g/mol. The van der Waals surface area contributed by atoms with E-state index in [0.29, 0.717) is 5.82 Å². The van der Waals surface area contributed by atoms with Gasteiger partial charge in [0.1, 0.15) is 5.82 Å². The van der Waals surface area contributed by atoms with Gasteiger partial charge in [0.15, 0.2) is 4.90 Å². The second-order valence-corrected chi connectivity index (χ2v) is 5.58. The zero-order valence-corrected chi connectivity index (χ0v) is 10.9. The number of nitro groups is 1. The van der Waals surface area contributed by atoms with Crippen molar-refractivity contribution in [3.63, 3.8) is 0 Å². The normalized spacial score (nSPS) is 11.4. The summed E-state index contributed by atoms with van der Waals surface area (Å²) in [7, 11) is -4.07. The number of rotatable bonds is 5. The molecule has 0 bridgehead atoms. The minimum Gasteiger partial charge on any atom is -0.399 e. The topological polar surface area (TPSA) is 144 Å². The molecule has 0 spiro atoms. The maximum Gasteiger partial charge on any atom is 0.289 e. The molecule has 0 aliphatic rings. The van der Waals surface area contributed by atoms with Crippen LogP contribution < -0.4 is 10.5 Å². The van der Waals surface area contributed by atoms with Crippen molar-refractivity contribution in [1.82, 2.24) is 14.7 Å². The van der Waals surface area contributed by atoms with E-state index in [1.165, 1.54) is 18.5 Å². The molecule has 2 rings (SSSR count). The van der Waals surface area contributed by atoms with Crippen LogP contribution in [0.3, 0.4) is 0 Å². The molecule has 2 aromatic rings. The summed E-state index contributed by atoms with van der Waals surface area (Å²) >= 11 is 0. The summed E-state index contributed by atoms with van der Waals surface area (Å²) in [5.74, 6) is 0.389. The number of aromatic nitrogens is 2. The van der Waals surface area contributed by atoms with Crippen LogP contribution in [-0.4, -0.2) is 23.3 Å². The van der Waals surface area contributed by atoms with Gasteiger partial charge in [-0.2, -0.15) is 0 Å². The molecule has 0 radical (unpaired) electrons. The number of aromatic amines is 1. The number of nitrogens with zero attached hydrogens (tertiary/aromatic N) is 2. The molecule has 4 N–H and O–H groups in total. The molecule has 1 aromatic heterocycles. The number of nitro benzene ring substituents is 1. The number of benzene rings is 1. The third-order valence-electron chi connectivity index (χ3n) is 2.45. The first kappa shape index (κ1) is 14.0. The molecule has 1 heterocycles. The van der Waals surface area contributed by atoms with Crippen LogP contribution in [0.5, 0.6) is 0 Å². The highest BCUT2D eigenvalue weighted by molar-refractivity contribution is 7.89. The highest BCUT2D eigenvalue weighted by atomic mass is 32.2. The fraction of sp³-hybridized carbons (Fsp3) is 0.100. The highest BCUT2D eigenvalue weighted by Crippen LogP contribution is 2.25. The van der Waals surface area contributed by atoms with Crippen LogP contribution in [0.4, 0.5) is 11.4 Å². The van der Waals surface area contributed by atoms with Gasteiger partial charge >= 0.3 is 0 Å². The maximum atomic E-state index is 12.1. The smallest absolute Gasteiger partial charge is 0.289 e. The van der Waals surface area contributed by atoms with Crippen molar-refractivity contribution in [3.8, 4) is 0 Å². The van der Waals surface area contributed by atoms with Gasteiger partial charge in [0, 0.05) is 24.1 Å². The molecular formula is C10H11N5O4S. The molecule has 20 heavy (non-hydrogen) atoms. The number of nitrogens with one attached hydrogen (secondary N) is 2. The third-order valence-corrected chi connectivity index (χ3v) is 3.88. The lowest BCUT2D eigenvalue weighted by Gasteiger charge is -2.07. The Balaban J connectivity index is 2.33. The van der Waals surface area contributed by atoms with Crippen LogP contribution in [0, 0.1) is 10.1 Å². The molecule has 0 saturated carbocycles. The number of imidazole rings is 1. The zero-order chi connectivity index (χ0) is 14.8. The predicted octanol–water partition coefficient (Wildman–Crippen LogP) is 0.379. The van der Waals surface area contributed by atoms with Crippen LogP contribution in [0.25, 0.3) is 0 Å². The predicted molar refractivity (Wildman–Crippen MR) is 70.1 cm³/mol. The van der Waals surface area contributed by atoms with Crippen molar-refractivity contribution in [2.75, 3.05) is 5.73 Å². The molecule has 0 amide bonds. The van der Waals surface area contributed by atoms with Gasteiger partial charge in [0.2, 0.25) is 10.0 Å². The number of nitrogens with two attached hydrogens (primary N) is 1. The van der Waals surface area contributed by atoms with Gasteiger partial charge in [0.25, 0.3) is 5.69 Å². The van der Waals surface area contributed by atoms with E-state index in [1.807, 2.05) is 0 Å². The summed E-state index contributed by atoms with van der Waals surface area (Å²) in [6.45, 7) is -0.110. The number of H-pyrrole nitrogens is 1. The molecular weight excluding hydrogens is 286 g/mol. The second kappa shape index (κ2) is 5.27. The standard InChI is InChI=1S/C10H11N5O4S/c11-7-1-2-8(15(16)17)9(5-7)20(18,19)14-6-10-12-3-4-13-10/h1-5,14H,6,11H2,(H,12,13). The quantitative estimate of drug-likeness (QED) is 0.413. The zero-order valence-electron chi connectivity index (χ0n) is 10.1. The number of nitrogen functional groups attached to an aromatic ring is 1.